The lowest BCUT2D eigenvalue weighted by Crippen LogP contribution is -2.55. The lowest BCUT2D eigenvalue weighted by Gasteiger charge is -2.25. The molecule has 0 spiro atoms. The quantitative estimate of drug-likeness (QED) is 0.0589. The highest BCUT2D eigenvalue weighted by atomic mass is 32.1. The Morgan fingerprint density at radius 2 is 1.50 bits per heavy atom. The van der Waals surface area contributed by atoms with E-state index in [2.05, 4.69) is 26.3 Å². The Morgan fingerprint density at radius 1 is 0.891 bits per heavy atom. The number of benzene rings is 1. The van der Waals surface area contributed by atoms with Crippen LogP contribution < -0.4 is 32.7 Å². The van der Waals surface area contributed by atoms with Crippen LogP contribution in [-0.2, 0) is 30.5 Å². The lowest BCUT2D eigenvalue weighted by molar-refractivity contribution is -0.149. The third-order valence-electron chi connectivity index (χ3n) is 6.61. The summed E-state index contributed by atoms with van der Waals surface area (Å²) < 4.78 is 10.7. The van der Waals surface area contributed by atoms with E-state index in [1.807, 2.05) is 45.0 Å². The second kappa shape index (κ2) is 22.1. The van der Waals surface area contributed by atoms with Gasteiger partial charge in [-0.05, 0) is 77.7 Å². The van der Waals surface area contributed by atoms with Crippen molar-refractivity contribution in [2.24, 2.45) is 22.4 Å². The summed E-state index contributed by atoms with van der Waals surface area (Å²) >= 11 is 0. The Balaban J connectivity index is 0.0000202. The zero-order chi connectivity index (χ0) is 34.0. The highest BCUT2D eigenvalue weighted by molar-refractivity contribution is 7.59. The van der Waals surface area contributed by atoms with Crippen LogP contribution in [0.2, 0.25) is 0 Å². The summed E-state index contributed by atoms with van der Waals surface area (Å²) in [4.78, 5) is 55.1. The third-order valence-corrected chi connectivity index (χ3v) is 6.61. The topological polar surface area (TPSA) is 199 Å². The third kappa shape index (κ3) is 19.1. The predicted molar refractivity (Wildman–Crippen MR) is 186 cm³/mol. The summed E-state index contributed by atoms with van der Waals surface area (Å²) in [7, 11) is 1.56. The van der Waals surface area contributed by atoms with Gasteiger partial charge in [0, 0.05) is 20.1 Å². The summed E-state index contributed by atoms with van der Waals surface area (Å²) in [6, 6.07) is 4.93. The number of esters is 1. The molecule has 46 heavy (non-hydrogen) atoms. The number of aryl methyl sites for hydroxylation is 1. The second-order valence-electron chi connectivity index (χ2n) is 12.6. The molecule has 3 amide bonds. The molecule has 13 nitrogen and oxygen atoms in total. The smallest absolute Gasteiger partial charge is 0.407 e. The number of unbranched alkanes of at least 4 members (excludes halogenated alkanes) is 1. The number of nitrogens with one attached hydrogen (secondary N) is 4. The SMILES string of the molecule is CN=C(N)NCCC[C@@H](NC(=O)[C@H](N)CCCCNC(=O)OC(C)(C)C)C(=O)N[C@@H](CC(C)C)C(=O)OCc1ccc(C)cc1.S. The number of hydrogen-bond acceptors (Lipinski definition) is 8. The molecule has 0 unspecified atom stereocenters. The van der Waals surface area contributed by atoms with Crippen LogP contribution in [0.15, 0.2) is 29.3 Å². The molecule has 0 aliphatic carbocycles. The lowest BCUT2D eigenvalue weighted by atomic mass is 10.0. The number of carbonyl (C=O) groups is 4. The summed E-state index contributed by atoms with van der Waals surface area (Å²) in [5.74, 6) is -1.19. The summed E-state index contributed by atoms with van der Waals surface area (Å²) in [6.07, 6.45) is 2.12. The number of nitrogens with two attached hydrogens (primary N) is 2. The predicted octanol–water partition coefficient (Wildman–Crippen LogP) is 2.50. The van der Waals surface area contributed by atoms with Gasteiger partial charge >= 0.3 is 12.1 Å². The Morgan fingerprint density at radius 3 is 2.09 bits per heavy atom. The molecule has 0 fully saturated rings. The highest BCUT2D eigenvalue weighted by Crippen LogP contribution is 2.11. The van der Waals surface area contributed by atoms with Crippen molar-refractivity contribution in [1.82, 2.24) is 21.3 Å². The molecule has 0 aliphatic rings. The molecule has 262 valence electrons. The fraction of sp³-hybridized carbons (Fsp3) is 0.656. The van der Waals surface area contributed by atoms with E-state index in [1.54, 1.807) is 27.8 Å². The highest BCUT2D eigenvalue weighted by Gasteiger charge is 2.29. The molecule has 0 aromatic heterocycles. The van der Waals surface area contributed by atoms with Crippen molar-refractivity contribution in [2.75, 3.05) is 20.1 Å². The van der Waals surface area contributed by atoms with Crippen LogP contribution in [0.25, 0.3) is 0 Å². The Hall–Kier alpha value is -3.52. The van der Waals surface area contributed by atoms with E-state index in [-0.39, 0.29) is 38.4 Å². The van der Waals surface area contributed by atoms with Gasteiger partial charge in [0.05, 0.1) is 6.04 Å². The number of amides is 3. The van der Waals surface area contributed by atoms with Gasteiger partial charge in [0.25, 0.3) is 0 Å². The summed E-state index contributed by atoms with van der Waals surface area (Å²) in [5.41, 5.74) is 13.2. The molecule has 0 heterocycles. The fourth-order valence-corrected chi connectivity index (χ4v) is 4.17. The first-order chi connectivity index (χ1) is 21.1. The van der Waals surface area contributed by atoms with Gasteiger partial charge in [-0.3, -0.25) is 14.6 Å². The van der Waals surface area contributed by atoms with Crippen molar-refractivity contribution < 1.29 is 28.7 Å². The van der Waals surface area contributed by atoms with Gasteiger partial charge in [0.1, 0.15) is 24.3 Å². The van der Waals surface area contributed by atoms with Gasteiger partial charge in [-0.2, -0.15) is 13.5 Å². The van der Waals surface area contributed by atoms with E-state index in [1.165, 1.54) is 0 Å². The van der Waals surface area contributed by atoms with Crippen molar-refractivity contribution >= 4 is 43.3 Å². The van der Waals surface area contributed by atoms with Gasteiger partial charge in [-0.15, -0.1) is 0 Å². The average Bonchev–Trinajstić information content (AvgIpc) is 2.95. The molecule has 1 aromatic rings. The molecule has 1 aromatic carbocycles. The number of alkyl carbamates (subject to hydrolysis) is 1. The van der Waals surface area contributed by atoms with E-state index in [9.17, 15) is 19.2 Å². The molecule has 1 rings (SSSR count). The largest absolute Gasteiger partial charge is 0.459 e. The van der Waals surface area contributed by atoms with Crippen LogP contribution in [0.4, 0.5) is 4.79 Å². The van der Waals surface area contributed by atoms with Crippen LogP contribution in [0.3, 0.4) is 0 Å². The van der Waals surface area contributed by atoms with Crippen LogP contribution in [0.1, 0.15) is 84.3 Å². The zero-order valence-corrected chi connectivity index (χ0v) is 29.5. The van der Waals surface area contributed by atoms with Crippen molar-refractivity contribution in [1.29, 1.82) is 0 Å². The standard InChI is InChI=1S/C32H55N7O6.H2S/c1-21(2)19-26(29(42)44-20-23-15-13-22(3)14-16-23)39-28(41)25(12-10-18-36-30(34)35-7)38-27(40)24(33)11-8-9-17-37-31(43)45-32(4,5)6;/h13-16,21,24-26H,8-12,17-20,33H2,1-7H3,(H,37,43)(H,38,40)(H,39,41)(H3,34,35,36);1H2/t24-,25-,26+;/m1./s1. The maximum atomic E-state index is 13.5. The number of nitrogens with zero attached hydrogens (tertiary/aromatic N) is 1. The molecular formula is C32H57N7O6S. The van der Waals surface area contributed by atoms with E-state index >= 15 is 0 Å². The molecule has 0 aliphatic heterocycles. The molecule has 8 N–H and O–H groups in total. The molecule has 3 atom stereocenters. The van der Waals surface area contributed by atoms with Crippen molar-refractivity contribution in [3.8, 4) is 0 Å². The van der Waals surface area contributed by atoms with Crippen LogP contribution >= 0.6 is 13.5 Å². The molecular weight excluding hydrogens is 610 g/mol. The first-order valence-corrected chi connectivity index (χ1v) is 15.6. The van der Waals surface area contributed by atoms with Gasteiger partial charge < -0.3 is 42.2 Å². The normalized spacial score (nSPS) is 13.5. The molecule has 0 saturated carbocycles. The average molecular weight is 668 g/mol. The second-order valence-corrected chi connectivity index (χ2v) is 12.6. The number of carbonyl (C=O) groups excluding carboxylic acids is 4. The molecule has 14 heteroatoms. The minimum Gasteiger partial charge on any atom is -0.459 e. The molecule has 0 bridgehead atoms. The number of hydrogen-bond donors (Lipinski definition) is 6. The maximum Gasteiger partial charge on any atom is 0.407 e. The minimum absolute atomic E-state index is 0. The van der Waals surface area contributed by atoms with Crippen LogP contribution in [-0.4, -0.2) is 73.7 Å². The summed E-state index contributed by atoms with van der Waals surface area (Å²) in [5, 5.41) is 11.2. The zero-order valence-electron chi connectivity index (χ0n) is 28.5. The van der Waals surface area contributed by atoms with Crippen LogP contribution in [0.5, 0.6) is 0 Å². The number of ether oxygens (including phenoxy) is 2. The number of rotatable bonds is 18. The van der Waals surface area contributed by atoms with Gasteiger partial charge in [0.2, 0.25) is 11.8 Å². The Labute approximate surface area is 281 Å². The summed E-state index contributed by atoms with van der Waals surface area (Å²) in [6.45, 7) is 12.1. The molecule has 0 saturated heterocycles. The van der Waals surface area contributed by atoms with Gasteiger partial charge in [-0.25, -0.2) is 9.59 Å². The van der Waals surface area contributed by atoms with Gasteiger partial charge in [0.15, 0.2) is 5.96 Å². The van der Waals surface area contributed by atoms with Crippen molar-refractivity contribution in [3.05, 3.63) is 35.4 Å². The van der Waals surface area contributed by atoms with Gasteiger partial charge in [-0.1, -0.05) is 43.7 Å². The molecule has 0 radical (unpaired) electrons. The van der Waals surface area contributed by atoms with E-state index in [0.29, 0.717) is 45.2 Å². The van der Waals surface area contributed by atoms with E-state index < -0.39 is 47.6 Å². The number of aliphatic imine (C=N–C) groups is 1. The van der Waals surface area contributed by atoms with E-state index in [0.717, 1.165) is 11.1 Å². The first-order valence-electron chi connectivity index (χ1n) is 15.6. The van der Waals surface area contributed by atoms with E-state index in [4.69, 9.17) is 20.9 Å². The minimum atomic E-state index is -0.946. The maximum absolute atomic E-state index is 13.5. The Kier molecular flexibility index (Phi) is 20.4. The number of guanidine groups is 1. The fourth-order valence-electron chi connectivity index (χ4n) is 4.17. The van der Waals surface area contributed by atoms with Crippen LogP contribution in [0, 0.1) is 12.8 Å². The van der Waals surface area contributed by atoms with Crippen molar-refractivity contribution in [3.63, 3.8) is 0 Å². The first kappa shape index (κ1) is 42.5. The van der Waals surface area contributed by atoms with Crippen molar-refractivity contribution in [2.45, 2.75) is 110 Å². The Bertz CT molecular complexity index is 1110. The monoisotopic (exact) mass is 667 g/mol.